The van der Waals surface area contributed by atoms with Crippen molar-refractivity contribution in [3.8, 4) is 17.1 Å². The highest BCUT2D eigenvalue weighted by Crippen LogP contribution is 2.33. The molecule has 2 amide bonds. The molecular formula is C25H25ClN6O3S. The Bertz CT molecular complexity index is 1350. The van der Waals surface area contributed by atoms with Crippen LogP contribution in [-0.2, 0) is 16.1 Å². The number of aromatic nitrogens is 4. The lowest BCUT2D eigenvalue weighted by atomic mass is 10.1. The van der Waals surface area contributed by atoms with Crippen molar-refractivity contribution in [2.75, 3.05) is 4.90 Å². The Morgan fingerprint density at radius 2 is 1.89 bits per heavy atom. The fourth-order valence-electron chi connectivity index (χ4n) is 3.56. The zero-order chi connectivity index (χ0) is 25.9. The number of hydrogen-bond donors (Lipinski definition) is 2. The SMILES string of the molecule is CC(C)(C)NC(=O)[C@H](c1cccs1)N(C(=O)Cn1nnc(-c2ccc(Cl)cc2)n1)c1cccc(O)c1. The van der Waals surface area contributed by atoms with Gasteiger partial charge in [-0.25, -0.2) is 0 Å². The normalized spacial score (nSPS) is 12.2. The van der Waals surface area contributed by atoms with Gasteiger partial charge in [0, 0.05) is 32.8 Å². The highest BCUT2D eigenvalue weighted by molar-refractivity contribution is 7.10. The van der Waals surface area contributed by atoms with Crippen molar-refractivity contribution in [2.45, 2.75) is 38.9 Å². The van der Waals surface area contributed by atoms with E-state index in [1.807, 2.05) is 32.2 Å². The maximum Gasteiger partial charge on any atom is 0.251 e. The van der Waals surface area contributed by atoms with Gasteiger partial charge in [0.15, 0.2) is 0 Å². The lowest BCUT2D eigenvalue weighted by molar-refractivity contribution is -0.128. The number of halogens is 1. The molecule has 0 bridgehead atoms. The molecule has 0 spiro atoms. The minimum atomic E-state index is -0.974. The van der Waals surface area contributed by atoms with E-state index in [9.17, 15) is 14.7 Å². The highest BCUT2D eigenvalue weighted by Gasteiger charge is 2.35. The fourth-order valence-corrected chi connectivity index (χ4v) is 4.50. The van der Waals surface area contributed by atoms with Crippen molar-refractivity contribution < 1.29 is 14.7 Å². The first-order chi connectivity index (χ1) is 17.1. The summed E-state index contributed by atoms with van der Waals surface area (Å²) in [6.45, 7) is 5.33. The number of tetrazole rings is 1. The second-order valence-electron chi connectivity index (χ2n) is 9.09. The van der Waals surface area contributed by atoms with Gasteiger partial charge in [0.2, 0.25) is 11.7 Å². The van der Waals surface area contributed by atoms with Crippen LogP contribution in [0.4, 0.5) is 5.69 Å². The number of amides is 2. The summed E-state index contributed by atoms with van der Waals surface area (Å²) < 4.78 is 0. The molecule has 2 aromatic heterocycles. The minimum Gasteiger partial charge on any atom is -0.508 e. The first-order valence-corrected chi connectivity index (χ1v) is 12.4. The summed E-state index contributed by atoms with van der Waals surface area (Å²) in [6.07, 6.45) is 0. The largest absolute Gasteiger partial charge is 0.508 e. The number of phenols is 1. The third kappa shape index (κ3) is 6.07. The van der Waals surface area contributed by atoms with Crippen LogP contribution in [0.5, 0.6) is 5.75 Å². The van der Waals surface area contributed by atoms with Gasteiger partial charge in [-0.1, -0.05) is 23.7 Å². The number of carbonyl (C=O) groups is 2. The molecular weight excluding hydrogens is 500 g/mol. The minimum absolute atomic E-state index is 0.0321. The Labute approximate surface area is 217 Å². The van der Waals surface area contributed by atoms with Crippen molar-refractivity contribution >= 4 is 40.4 Å². The topological polar surface area (TPSA) is 113 Å². The summed E-state index contributed by atoms with van der Waals surface area (Å²) in [5.74, 6) is -0.503. The molecule has 2 N–H and O–H groups in total. The average molecular weight is 525 g/mol. The number of anilines is 1. The van der Waals surface area contributed by atoms with Crippen LogP contribution < -0.4 is 10.2 Å². The number of rotatable bonds is 7. The van der Waals surface area contributed by atoms with Crippen LogP contribution in [0, 0.1) is 0 Å². The lowest BCUT2D eigenvalue weighted by Crippen LogP contribution is -2.50. The van der Waals surface area contributed by atoms with E-state index in [1.54, 1.807) is 42.5 Å². The lowest BCUT2D eigenvalue weighted by Gasteiger charge is -2.33. The summed E-state index contributed by atoms with van der Waals surface area (Å²) in [5, 5.41) is 27.9. The predicted molar refractivity (Wildman–Crippen MR) is 139 cm³/mol. The maximum absolute atomic E-state index is 13.7. The Kier molecular flexibility index (Phi) is 7.37. The molecule has 0 saturated heterocycles. The zero-order valence-electron chi connectivity index (χ0n) is 19.9. The molecule has 186 valence electrons. The first kappa shape index (κ1) is 25.3. The van der Waals surface area contributed by atoms with Crippen LogP contribution in [0.3, 0.4) is 0 Å². The summed E-state index contributed by atoms with van der Waals surface area (Å²) in [4.78, 5) is 30.5. The molecule has 0 saturated carbocycles. The van der Waals surface area contributed by atoms with E-state index < -0.39 is 17.5 Å². The Hall–Kier alpha value is -3.76. The number of carbonyl (C=O) groups excluding carboxylic acids is 2. The Balaban J connectivity index is 1.70. The van der Waals surface area contributed by atoms with Gasteiger partial charge >= 0.3 is 0 Å². The average Bonchev–Trinajstić information content (AvgIpc) is 3.49. The van der Waals surface area contributed by atoms with Gasteiger partial charge in [0.1, 0.15) is 18.3 Å². The van der Waals surface area contributed by atoms with Crippen LogP contribution >= 0.6 is 22.9 Å². The molecule has 36 heavy (non-hydrogen) atoms. The zero-order valence-corrected chi connectivity index (χ0v) is 21.5. The van der Waals surface area contributed by atoms with Crippen molar-refractivity contribution in [3.63, 3.8) is 0 Å². The smallest absolute Gasteiger partial charge is 0.251 e. The van der Waals surface area contributed by atoms with E-state index in [0.29, 0.717) is 27.0 Å². The van der Waals surface area contributed by atoms with Crippen LogP contribution in [0.25, 0.3) is 11.4 Å². The standard InChI is InChI=1S/C25H25ClN6O3S/c1-25(2,3)27-24(35)22(20-8-5-13-36-20)32(18-6-4-7-19(33)14-18)21(34)15-31-29-23(28-30-31)16-9-11-17(26)12-10-16/h4-14,22,33H,15H2,1-3H3,(H,27,35)/t22-/m0/s1. The van der Waals surface area contributed by atoms with Crippen molar-refractivity contribution in [2.24, 2.45) is 0 Å². The predicted octanol–water partition coefficient (Wildman–Crippen LogP) is 4.45. The number of hydrogen-bond acceptors (Lipinski definition) is 7. The van der Waals surface area contributed by atoms with Gasteiger partial charge in [-0.15, -0.1) is 21.5 Å². The molecule has 1 atom stereocenters. The van der Waals surface area contributed by atoms with E-state index in [4.69, 9.17) is 11.6 Å². The van der Waals surface area contributed by atoms with Gasteiger partial charge < -0.3 is 10.4 Å². The molecule has 0 unspecified atom stereocenters. The van der Waals surface area contributed by atoms with E-state index in [0.717, 1.165) is 0 Å². The van der Waals surface area contributed by atoms with E-state index in [2.05, 4.69) is 20.7 Å². The first-order valence-electron chi connectivity index (χ1n) is 11.1. The third-order valence-corrected chi connectivity index (χ3v) is 6.20. The summed E-state index contributed by atoms with van der Waals surface area (Å²) in [7, 11) is 0. The van der Waals surface area contributed by atoms with Crippen molar-refractivity contribution in [3.05, 3.63) is 75.9 Å². The Morgan fingerprint density at radius 3 is 2.53 bits per heavy atom. The second-order valence-corrected chi connectivity index (χ2v) is 10.5. The number of phenolic OH excluding ortho intramolecular Hbond substituents is 1. The highest BCUT2D eigenvalue weighted by atomic mass is 35.5. The molecule has 2 heterocycles. The molecule has 2 aromatic carbocycles. The van der Waals surface area contributed by atoms with Gasteiger partial charge in [0.05, 0.1) is 0 Å². The van der Waals surface area contributed by atoms with E-state index in [1.165, 1.54) is 33.2 Å². The molecule has 0 radical (unpaired) electrons. The third-order valence-electron chi connectivity index (χ3n) is 5.03. The monoisotopic (exact) mass is 524 g/mol. The van der Waals surface area contributed by atoms with Crippen LogP contribution in [0.2, 0.25) is 5.02 Å². The molecule has 4 rings (SSSR count). The molecule has 4 aromatic rings. The molecule has 11 heteroatoms. The quantitative estimate of drug-likeness (QED) is 0.369. The second kappa shape index (κ2) is 10.5. The molecule has 0 aliphatic heterocycles. The maximum atomic E-state index is 13.7. The van der Waals surface area contributed by atoms with Crippen LogP contribution in [-0.4, -0.2) is 42.7 Å². The number of thiophene rings is 1. The van der Waals surface area contributed by atoms with Crippen molar-refractivity contribution in [1.82, 2.24) is 25.5 Å². The number of benzene rings is 2. The fraction of sp³-hybridized carbons (Fsp3) is 0.240. The molecule has 0 aliphatic rings. The molecule has 0 aliphatic carbocycles. The number of nitrogens with zero attached hydrogens (tertiary/aromatic N) is 5. The van der Waals surface area contributed by atoms with Gasteiger partial charge in [-0.05, 0) is 73.8 Å². The summed E-state index contributed by atoms with van der Waals surface area (Å²) in [6, 6.07) is 15.8. The number of aromatic hydroxyl groups is 1. The van der Waals surface area contributed by atoms with Gasteiger partial charge in [0.25, 0.3) is 5.91 Å². The Morgan fingerprint density at radius 1 is 1.14 bits per heavy atom. The number of nitrogens with one attached hydrogen (secondary N) is 1. The summed E-state index contributed by atoms with van der Waals surface area (Å²) >= 11 is 7.31. The van der Waals surface area contributed by atoms with Crippen LogP contribution in [0.15, 0.2) is 66.0 Å². The summed E-state index contributed by atoms with van der Waals surface area (Å²) in [5.41, 5.74) is 0.533. The molecule has 0 fully saturated rings. The van der Waals surface area contributed by atoms with Gasteiger partial charge in [-0.3, -0.25) is 14.5 Å². The van der Waals surface area contributed by atoms with Crippen LogP contribution in [0.1, 0.15) is 31.7 Å². The molecule has 9 nitrogen and oxygen atoms in total. The van der Waals surface area contributed by atoms with E-state index in [-0.39, 0.29) is 18.2 Å². The van der Waals surface area contributed by atoms with E-state index >= 15 is 0 Å². The van der Waals surface area contributed by atoms with Gasteiger partial charge in [-0.2, -0.15) is 4.80 Å². The van der Waals surface area contributed by atoms with Crippen molar-refractivity contribution in [1.29, 1.82) is 0 Å².